The van der Waals surface area contributed by atoms with Gasteiger partial charge in [-0.2, -0.15) is 0 Å². The van der Waals surface area contributed by atoms with Crippen LogP contribution in [0.2, 0.25) is 0 Å². The lowest BCUT2D eigenvalue weighted by Crippen LogP contribution is -1.87. The Balaban J connectivity index is 0. The van der Waals surface area contributed by atoms with Crippen molar-refractivity contribution < 1.29 is 28.7 Å². The van der Waals surface area contributed by atoms with Crippen LogP contribution in [0.3, 0.4) is 0 Å². The van der Waals surface area contributed by atoms with Crippen LogP contribution in [0.15, 0.2) is 0 Å². The summed E-state index contributed by atoms with van der Waals surface area (Å²) < 4.78 is 18.5. The van der Waals surface area contributed by atoms with Crippen molar-refractivity contribution in [3.8, 4) is 0 Å². The van der Waals surface area contributed by atoms with Gasteiger partial charge in [0.15, 0.2) is 0 Å². The molecular weight excluding hydrogens is 194 g/mol. The highest BCUT2D eigenvalue weighted by Crippen LogP contribution is 2.25. The van der Waals surface area contributed by atoms with Gasteiger partial charge in [0.2, 0.25) is 0 Å². The molecule has 0 saturated heterocycles. The summed E-state index contributed by atoms with van der Waals surface area (Å²) in [4.78, 5) is 31.2. The number of hydrogen-bond donors (Lipinski definition) is 3. The zero-order valence-corrected chi connectivity index (χ0v) is 7.66. The predicted molar refractivity (Wildman–Crippen MR) is 37.0 cm³/mol. The van der Waals surface area contributed by atoms with Crippen LogP contribution in [-0.4, -0.2) is 20.8 Å². The second-order valence-electron chi connectivity index (χ2n) is 1.57. The van der Waals surface area contributed by atoms with E-state index in [4.69, 9.17) is 19.2 Å². The van der Waals surface area contributed by atoms with Gasteiger partial charge in [0.1, 0.15) is 6.16 Å². The molecule has 0 aromatic carbocycles. The molecule has 1 atom stereocenters. The van der Waals surface area contributed by atoms with Crippen molar-refractivity contribution in [3.63, 3.8) is 0 Å². The third-order valence-corrected chi connectivity index (χ3v) is 1.22. The van der Waals surface area contributed by atoms with Gasteiger partial charge in [-0.3, -0.25) is 0 Å². The Kier molecular flexibility index (Phi) is 8.56. The molecule has 0 rings (SSSR count). The highest BCUT2D eigenvalue weighted by molar-refractivity contribution is 7.45. The van der Waals surface area contributed by atoms with Gasteiger partial charge in [-0.15, -0.1) is 0 Å². The van der Waals surface area contributed by atoms with E-state index < -0.39 is 15.9 Å². The first kappa shape index (κ1) is 13.7. The summed E-state index contributed by atoms with van der Waals surface area (Å²) in [6.07, 6.45) is 1.06. The first-order valence-electron chi connectivity index (χ1n) is 2.67. The van der Waals surface area contributed by atoms with Crippen molar-refractivity contribution in [1.29, 1.82) is 0 Å². The van der Waals surface area contributed by atoms with Gasteiger partial charge in [0.25, 0.3) is 0 Å². The summed E-state index contributed by atoms with van der Waals surface area (Å²) in [6.45, 7) is 1.84. The first-order chi connectivity index (χ1) is 4.77. The number of rotatable bonds is 2. The summed E-state index contributed by atoms with van der Waals surface area (Å²) in [5.74, 6) is 0. The molecule has 0 aliphatic rings. The molecule has 0 fully saturated rings. The maximum absolute atomic E-state index is 9.64. The van der Waals surface area contributed by atoms with Gasteiger partial charge in [-0.25, -0.2) is 4.57 Å². The molecule has 0 heterocycles. The van der Waals surface area contributed by atoms with Gasteiger partial charge in [-0.1, -0.05) is 11.5 Å². The van der Waals surface area contributed by atoms with E-state index in [0.29, 0.717) is 6.16 Å². The third kappa shape index (κ3) is 67.6. The van der Waals surface area contributed by atoms with Crippen LogP contribution in [0.25, 0.3) is 0 Å². The van der Waals surface area contributed by atoms with Gasteiger partial charge in [0.05, 0.1) is 0 Å². The fraction of sp³-hybridized carbons (Fsp3) is 1.00. The average Bonchev–Trinajstić information content (AvgIpc) is 1.58. The highest BCUT2D eigenvalue weighted by atomic mass is 31.2. The maximum atomic E-state index is 9.64. The second kappa shape index (κ2) is 6.85. The van der Waals surface area contributed by atoms with E-state index in [1.54, 1.807) is 0 Å². The molecule has 0 aromatic heterocycles. The molecule has 0 aliphatic carbocycles. The zero-order chi connectivity index (χ0) is 9.49. The van der Waals surface area contributed by atoms with Crippen molar-refractivity contribution in [2.45, 2.75) is 13.3 Å². The normalized spacial score (nSPS) is 11.5. The Hall–Kier alpha value is 0.170. The van der Waals surface area contributed by atoms with Gasteiger partial charge in [-0.05, 0) is 6.42 Å². The summed E-state index contributed by atoms with van der Waals surface area (Å²) in [6, 6.07) is 0. The zero-order valence-electron chi connectivity index (χ0n) is 5.88. The first-order valence-corrected chi connectivity index (χ1v) is 5.60. The quantitative estimate of drug-likeness (QED) is 0.525. The van der Waals surface area contributed by atoms with Crippen LogP contribution in [0.5, 0.6) is 0 Å². The monoisotopic (exact) mass is 204 g/mol. The SMILES string of the molecule is CCC[P+](=O)[O-].O=P(O)(O)O. The van der Waals surface area contributed by atoms with E-state index >= 15 is 0 Å². The Bertz CT molecular complexity index is 142. The molecule has 8 heteroatoms. The fourth-order valence-corrected chi connectivity index (χ4v) is 0.548. The van der Waals surface area contributed by atoms with Crippen LogP contribution in [-0.2, 0) is 9.13 Å². The fourth-order valence-electron chi connectivity index (χ4n) is 0.183. The third-order valence-electron chi connectivity index (χ3n) is 0.406. The smallest absolute Gasteiger partial charge is 0.466 e. The summed E-state index contributed by atoms with van der Waals surface area (Å²) >= 11 is 0. The minimum absolute atomic E-state index is 0.329. The molecule has 1 unspecified atom stereocenters. The molecule has 68 valence electrons. The maximum Gasteiger partial charge on any atom is 0.466 e. The highest BCUT2D eigenvalue weighted by Gasteiger charge is 2.00. The largest absolute Gasteiger partial charge is 0.596 e. The lowest BCUT2D eigenvalue weighted by Gasteiger charge is -1.82. The summed E-state index contributed by atoms with van der Waals surface area (Å²) in [5, 5.41) is 0. The summed E-state index contributed by atoms with van der Waals surface area (Å²) in [5.41, 5.74) is 0. The Morgan fingerprint density at radius 1 is 1.45 bits per heavy atom. The van der Waals surface area contributed by atoms with E-state index in [2.05, 4.69) is 0 Å². The molecule has 0 aromatic rings. The van der Waals surface area contributed by atoms with Crippen LogP contribution in [0.4, 0.5) is 0 Å². The van der Waals surface area contributed by atoms with Crippen LogP contribution in [0.1, 0.15) is 13.3 Å². The van der Waals surface area contributed by atoms with Crippen molar-refractivity contribution >= 4 is 15.9 Å². The van der Waals surface area contributed by atoms with Crippen LogP contribution in [0, 0.1) is 0 Å². The molecule has 11 heavy (non-hydrogen) atoms. The summed E-state index contributed by atoms with van der Waals surface area (Å²) in [7, 11) is -6.74. The number of phosphoric acid groups is 1. The molecule has 0 amide bonds. The van der Waals surface area contributed by atoms with Crippen molar-refractivity contribution in [2.75, 3.05) is 6.16 Å². The molecule has 6 nitrogen and oxygen atoms in total. The lowest BCUT2D eigenvalue weighted by atomic mass is 10.6. The molecule has 0 aliphatic heterocycles. The predicted octanol–water partition coefficient (Wildman–Crippen LogP) is -0.430. The molecule has 0 radical (unpaired) electrons. The van der Waals surface area contributed by atoms with E-state index in [0.717, 1.165) is 6.42 Å². The second-order valence-corrected chi connectivity index (χ2v) is 3.71. The van der Waals surface area contributed by atoms with Crippen LogP contribution < -0.4 is 4.89 Å². The molecule has 0 saturated carbocycles. The van der Waals surface area contributed by atoms with E-state index in [-0.39, 0.29) is 0 Å². The number of hydrogen-bond acceptors (Lipinski definition) is 3. The topological polar surface area (TPSA) is 118 Å². The van der Waals surface area contributed by atoms with Gasteiger partial charge in [0, 0.05) is 0 Å². The Morgan fingerprint density at radius 3 is 1.73 bits per heavy atom. The molecule has 0 bridgehead atoms. The van der Waals surface area contributed by atoms with Crippen molar-refractivity contribution in [3.05, 3.63) is 0 Å². The average molecular weight is 204 g/mol. The van der Waals surface area contributed by atoms with Gasteiger partial charge < -0.3 is 19.6 Å². The van der Waals surface area contributed by atoms with E-state index in [9.17, 15) is 9.46 Å². The lowest BCUT2D eigenvalue weighted by molar-refractivity contribution is -0.164. The standard InChI is InChI=1S/C3H7O2P.H3O4P/c1-2-3-6(4)5;1-5(2,3)4/h2-3H2,1H3;(H3,1,2,3,4). The van der Waals surface area contributed by atoms with Crippen LogP contribution >= 0.6 is 15.9 Å². The minimum atomic E-state index is -4.64. The van der Waals surface area contributed by atoms with Gasteiger partial charge >= 0.3 is 15.9 Å². The van der Waals surface area contributed by atoms with Crippen molar-refractivity contribution in [1.82, 2.24) is 0 Å². The Morgan fingerprint density at radius 2 is 1.73 bits per heavy atom. The van der Waals surface area contributed by atoms with E-state index in [1.165, 1.54) is 0 Å². The minimum Gasteiger partial charge on any atom is -0.596 e. The Labute approximate surface area is 65.0 Å². The van der Waals surface area contributed by atoms with E-state index in [1.807, 2.05) is 6.92 Å². The molecule has 0 spiro atoms. The molecular formula is C3H10O6P2. The van der Waals surface area contributed by atoms with Crippen molar-refractivity contribution in [2.24, 2.45) is 0 Å². The molecule has 3 N–H and O–H groups in total.